The van der Waals surface area contributed by atoms with E-state index in [4.69, 9.17) is 25.1 Å². The Bertz CT molecular complexity index is 1620. The van der Waals surface area contributed by atoms with Crippen LogP contribution in [0, 0.1) is 19.3 Å². The number of methoxy groups -OCH3 is 1. The van der Waals surface area contributed by atoms with E-state index in [0.29, 0.717) is 17.7 Å². The fourth-order valence-electron chi connectivity index (χ4n) is 4.07. The molecule has 9 nitrogen and oxygen atoms in total. The number of fused-ring (bicyclic) bond motifs is 1. The van der Waals surface area contributed by atoms with Gasteiger partial charge in [0, 0.05) is 6.08 Å². The topological polar surface area (TPSA) is 104 Å². The minimum atomic E-state index is -4.84. The second-order valence-corrected chi connectivity index (χ2v) is 8.41. The monoisotopic (exact) mass is 526 g/mol. The number of terminal acetylenes is 1. The molecule has 0 atom stereocenters. The number of nitrogens with one attached hydrogen (secondary N) is 1. The zero-order valence-corrected chi connectivity index (χ0v) is 20.3. The number of aromatic nitrogens is 4. The number of hydrogen-bond donors (Lipinski definition) is 1. The van der Waals surface area contributed by atoms with Gasteiger partial charge in [0.05, 0.1) is 38.2 Å². The molecule has 0 bridgehead atoms. The van der Waals surface area contributed by atoms with Crippen molar-refractivity contribution in [2.45, 2.75) is 25.8 Å². The van der Waals surface area contributed by atoms with Gasteiger partial charge in [-0.05, 0) is 12.5 Å². The molecule has 1 aliphatic heterocycles. The number of halogens is 3. The van der Waals surface area contributed by atoms with Gasteiger partial charge in [0.2, 0.25) is 5.89 Å². The van der Waals surface area contributed by atoms with E-state index in [-0.39, 0.29) is 63.8 Å². The lowest BCUT2D eigenvalue weighted by atomic mass is 10.1. The first kappa shape index (κ1) is 25.3. The third-order valence-electron chi connectivity index (χ3n) is 5.94. The van der Waals surface area contributed by atoms with Crippen molar-refractivity contribution < 1.29 is 31.8 Å². The summed E-state index contributed by atoms with van der Waals surface area (Å²) in [4.78, 5) is 21.1. The predicted octanol–water partition coefficient (Wildman–Crippen LogP) is 4.21. The van der Waals surface area contributed by atoms with E-state index in [2.05, 4.69) is 21.0 Å². The SMILES string of the molecule is C#C/C=C(/OC)c1nc(-c2c(COC3COC3)[nH]c3c(-c4ccccc4)c(C(F)(F)F)nn3c2=O)oc1C. The number of alkyl halides is 3. The van der Waals surface area contributed by atoms with Gasteiger partial charge in [-0.1, -0.05) is 36.3 Å². The van der Waals surface area contributed by atoms with Crippen LogP contribution in [0.5, 0.6) is 0 Å². The fraction of sp³-hybridized carbons (Fsp3) is 0.269. The quantitative estimate of drug-likeness (QED) is 0.284. The molecule has 0 radical (unpaired) electrons. The maximum Gasteiger partial charge on any atom is 0.435 e. The van der Waals surface area contributed by atoms with Gasteiger partial charge in [0.1, 0.15) is 28.8 Å². The van der Waals surface area contributed by atoms with Crippen molar-refractivity contribution in [1.29, 1.82) is 0 Å². The normalized spacial score (nSPS) is 14.5. The number of H-pyrrole nitrogens is 1. The van der Waals surface area contributed by atoms with Gasteiger partial charge in [0.25, 0.3) is 5.56 Å². The molecule has 1 N–H and O–H groups in total. The Labute approximate surface area is 213 Å². The summed E-state index contributed by atoms with van der Waals surface area (Å²) in [5, 5.41) is 3.67. The molecular weight excluding hydrogens is 505 g/mol. The van der Waals surface area contributed by atoms with Crippen molar-refractivity contribution in [3.8, 4) is 34.9 Å². The van der Waals surface area contributed by atoms with E-state index >= 15 is 0 Å². The van der Waals surface area contributed by atoms with Gasteiger partial charge in [-0.2, -0.15) is 22.8 Å². The molecule has 0 amide bonds. The molecule has 0 unspecified atom stereocenters. The summed E-state index contributed by atoms with van der Waals surface area (Å²) in [6.07, 6.45) is 1.62. The number of allylic oxidation sites excluding steroid dienone is 1. The highest BCUT2D eigenvalue weighted by atomic mass is 19.4. The minimum Gasteiger partial charge on any atom is -0.494 e. The molecule has 0 saturated carbocycles. The minimum absolute atomic E-state index is 0.140. The van der Waals surface area contributed by atoms with Crippen LogP contribution < -0.4 is 5.56 Å². The Balaban J connectivity index is 1.77. The summed E-state index contributed by atoms with van der Waals surface area (Å²) in [6.45, 7) is 2.16. The largest absolute Gasteiger partial charge is 0.494 e. The van der Waals surface area contributed by atoms with Crippen molar-refractivity contribution >= 4 is 11.4 Å². The second-order valence-electron chi connectivity index (χ2n) is 8.41. The van der Waals surface area contributed by atoms with Gasteiger partial charge in [0.15, 0.2) is 11.5 Å². The molecule has 1 fully saturated rings. The second kappa shape index (κ2) is 9.85. The van der Waals surface area contributed by atoms with Crippen LogP contribution in [0.15, 0.2) is 45.6 Å². The van der Waals surface area contributed by atoms with E-state index in [1.807, 2.05) is 0 Å². The molecule has 1 saturated heterocycles. The zero-order valence-electron chi connectivity index (χ0n) is 20.3. The Morgan fingerprint density at radius 1 is 1.29 bits per heavy atom. The Kier molecular flexibility index (Phi) is 6.56. The summed E-state index contributed by atoms with van der Waals surface area (Å²) >= 11 is 0. The number of rotatable bonds is 7. The van der Waals surface area contributed by atoms with Crippen LogP contribution in [0.3, 0.4) is 0 Å². The summed E-state index contributed by atoms with van der Waals surface area (Å²) in [7, 11) is 1.39. The van der Waals surface area contributed by atoms with Crippen molar-refractivity contribution in [3.05, 3.63) is 69.6 Å². The highest BCUT2D eigenvalue weighted by molar-refractivity contribution is 5.81. The van der Waals surface area contributed by atoms with Gasteiger partial charge < -0.3 is 23.6 Å². The highest BCUT2D eigenvalue weighted by Gasteiger charge is 2.40. The Hall–Kier alpha value is -4.34. The molecular formula is C26H21F3N4O5. The number of aromatic amines is 1. The summed E-state index contributed by atoms with van der Waals surface area (Å²) in [5.41, 5.74) is -2.01. The van der Waals surface area contributed by atoms with Crippen molar-refractivity contribution in [1.82, 2.24) is 19.6 Å². The number of hydrogen-bond acceptors (Lipinski definition) is 7. The van der Waals surface area contributed by atoms with Crippen molar-refractivity contribution in [3.63, 3.8) is 0 Å². The van der Waals surface area contributed by atoms with E-state index < -0.39 is 17.4 Å². The van der Waals surface area contributed by atoms with Crippen molar-refractivity contribution in [2.75, 3.05) is 20.3 Å². The lowest BCUT2D eigenvalue weighted by Crippen LogP contribution is -2.36. The van der Waals surface area contributed by atoms with Crippen LogP contribution in [0.4, 0.5) is 13.2 Å². The fourth-order valence-corrected chi connectivity index (χ4v) is 4.07. The molecule has 4 aromatic rings. The third kappa shape index (κ3) is 4.46. The van der Waals surface area contributed by atoms with Crippen LogP contribution in [0.2, 0.25) is 0 Å². The molecule has 1 aliphatic rings. The molecule has 196 valence electrons. The van der Waals surface area contributed by atoms with Gasteiger partial charge >= 0.3 is 6.18 Å². The van der Waals surface area contributed by atoms with Crippen LogP contribution in [-0.2, 0) is 27.0 Å². The summed E-state index contributed by atoms with van der Waals surface area (Å²) in [5.74, 6) is 2.67. The first-order chi connectivity index (χ1) is 18.2. The molecule has 1 aromatic carbocycles. The molecule has 3 aromatic heterocycles. The van der Waals surface area contributed by atoms with E-state index in [1.165, 1.54) is 25.3 Å². The maximum absolute atomic E-state index is 14.1. The van der Waals surface area contributed by atoms with E-state index in [1.54, 1.807) is 25.1 Å². The maximum atomic E-state index is 14.1. The number of oxazole rings is 1. The smallest absolute Gasteiger partial charge is 0.435 e. The molecule has 4 heterocycles. The summed E-state index contributed by atoms with van der Waals surface area (Å²) < 4.78 is 64.9. The lowest BCUT2D eigenvalue weighted by molar-refractivity contribution is -0.140. The number of ether oxygens (including phenoxy) is 3. The first-order valence-corrected chi connectivity index (χ1v) is 11.4. The Morgan fingerprint density at radius 2 is 2.03 bits per heavy atom. The third-order valence-corrected chi connectivity index (χ3v) is 5.94. The number of aryl methyl sites for hydroxylation is 1. The van der Waals surface area contributed by atoms with Crippen LogP contribution in [0.1, 0.15) is 22.8 Å². The lowest BCUT2D eigenvalue weighted by Gasteiger charge is -2.26. The zero-order chi connectivity index (χ0) is 27.0. The van der Waals surface area contributed by atoms with Gasteiger partial charge in [-0.25, -0.2) is 4.98 Å². The average molecular weight is 526 g/mol. The number of nitrogens with zero attached hydrogens (tertiary/aromatic N) is 3. The summed E-state index contributed by atoms with van der Waals surface area (Å²) in [6, 6.07) is 7.89. The highest BCUT2D eigenvalue weighted by Crippen LogP contribution is 2.38. The van der Waals surface area contributed by atoms with E-state index in [0.717, 1.165) is 0 Å². The van der Waals surface area contributed by atoms with Crippen molar-refractivity contribution in [2.24, 2.45) is 0 Å². The molecule has 38 heavy (non-hydrogen) atoms. The predicted molar refractivity (Wildman–Crippen MR) is 130 cm³/mol. The molecule has 12 heteroatoms. The van der Waals surface area contributed by atoms with Crippen LogP contribution >= 0.6 is 0 Å². The average Bonchev–Trinajstić information content (AvgIpc) is 3.43. The standard InChI is InChI=1S/C26H21F3N4O5/c1-4-8-18(35-3)21-14(2)38-24(31-21)20-17(13-37-16-11-36-12-16)30-23-19(15-9-6-5-7-10-15)22(26(27,28)29)32-33(23)25(20)34/h1,5-10,16,30H,11-13H2,2-3H3/b18-8+. The number of benzene rings is 1. The molecule has 0 spiro atoms. The van der Waals surface area contributed by atoms with Crippen LogP contribution in [0.25, 0.3) is 34.0 Å². The molecule has 0 aliphatic carbocycles. The first-order valence-electron chi connectivity index (χ1n) is 11.4. The Morgan fingerprint density at radius 3 is 2.63 bits per heavy atom. The van der Waals surface area contributed by atoms with Crippen LogP contribution in [-0.4, -0.2) is 46.0 Å². The molecule has 5 rings (SSSR count). The van der Waals surface area contributed by atoms with E-state index in [9.17, 15) is 18.0 Å². The van der Waals surface area contributed by atoms with Gasteiger partial charge in [-0.3, -0.25) is 4.79 Å². The van der Waals surface area contributed by atoms with Gasteiger partial charge in [-0.15, -0.1) is 6.42 Å².